The lowest BCUT2D eigenvalue weighted by molar-refractivity contribution is -0.0364. The minimum Gasteiger partial charge on any atom is -0.394 e. The predicted octanol–water partition coefficient (Wildman–Crippen LogP) is -2.27. The summed E-state index contributed by atoms with van der Waals surface area (Å²) in [5, 5.41) is 34.1. The fraction of sp³-hybridized carbons (Fsp3) is 1.00. The van der Waals surface area contributed by atoms with E-state index in [-0.39, 0.29) is 26.4 Å². The van der Waals surface area contributed by atoms with Gasteiger partial charge in [0.2, 0.25) is 0 Å². The van der Waals surface area contributed by atoms with Crippen molar-refractivity contribution >= 4 is 0 Å². The first-order chi connectivity index (χ1) is 6.70. The topological polar surface area (TPSA) is 103 Å². The summed E-state index contributed by atoms with van der Waals surface area (Å²) in [5.41, 5.74) is 0. The molecule has 2 unspecified atom stereocenters. The molecule has 0 bridgehead atoms. The van der Waals surface area contributed by atoms with Crippen molar-refractivity contribution in [3.8, 4) is 0 Å². The van der Waals surface area contributed by atoms with Crippen LogP contribution in [0.3, 0.4) is 0 Å². The standard InChI is InChI=1S/C6H14O5.C2H4O/c7-1-5(9)3-11-4-6(10)2-8;1-2-3-1/h5-10H,1-4H2;1-2H2. The molecule has 0 radical (unpaired) electrons. The molecular formula is C8H18O6. The summed E-state index contributed by atoms with van der Waals surface area (Å²) >= 11 is 0. The van der Waals surface area contributed by atoms with E-state index in [2.05, 4.69) is 4.74 Å². The average Bonchev–Trinajstić information content (AvgIpc) is 3.04. The molecule has 6 nitrogen and oxygen atoms in total. The number of epoxide rings is 1. The zero-order valence-corrected chi connectivity index (χ0v) is 8.00. The van der Waals surface area contributed by atoms with Gasteiger partial charge < -0.3 is 29.9 Å². The largest absolute Gasteiger partial charge is 0.394 e. The van der Waals surface area contributed by atoms with Gasteiger partial charge in [-0.05, 0) is 0 Å². The van der Waals surface area contributed by atoms with Crippen molar-refractivity contribution in [2.45, 2.75) is 12.2 Å². The average molecular weight is 210 g/mol. The Morgan fingerprint density at radius 2 is 1.36 bits per heavy atom. The molecule has 6 heteroatoms. The summed E-state index contributed by atoms with van der Waals surface area (Å²) in [6, 6.07) is 0. The molecule has 0 aromatic carbocycles. The van der Waals surface area contributed by atoms with Crippen LogP contribution in [-0.2, 0) is 9.47 Å². The van der Waals surface area contributed by atoms with E-state index in [1.807, 2.05) is 0 Å². The molecular weight excluding hydrogens is 192 g/mol. The van der Waals surface area contributed by atoms with Gasteiger partial charge in [0, 0.05) is 0 Å². The zero-order chi connectivity index (χ0) is 10.8. The summed E-state index contributed by atoms with van der Waals surface area (Å²) < 4.78 is 9.22. The highest BCUT2D eigenvalue weighted by Gasteiger charge is 2.04. The Kier molecular flexibility index (Phi) is 9.16. The van der Waals surface area contributed by atoms with E-state index >= 15 is 0 Å². The van der Waals surface area contributed by atoms with E-state index in [1.165, 1.54) is 0 Å². The summed E-state index contributed by atoms with van der Waals surface area (Å²) in [5.74, 6) is 0. The SMILES string of the molecule is C1CO1.OCC(O)COCC(O)CO. The van der Waals surface area contributed by atoms with E-state index in [1.54, 1.807) is 0 Å². The molecule has 1 heterocycles. The van der Waals surface area contributed by atoms with Crippen LogP contribution in [0, 0.1) is 0 Å². The van der Waals surface area contributed by atoms with Crippen molar-refractivity contribution in [2.24, 2.45) is 0 Å². The van der Waals surface area contributed by atoms with Crippen molar-refractivity contribution in [1.82, 2.24) is 0 Å². The van der Waals surface area contributed by atoms with Gasteiger partial charge in [0.1, 0.15) is 12.2 Å². The predicted molar refractivity (Wildman–Crippen MR) is 47.8 cm³/mol. The van der Waals surface area contributed by atoms with E-state index in [0.29, 0.717) is 0 Å². The third-order valence-electron chi connectivity index (χ3n) is 1.25. The number of rotatable bonds is 6. The monoisotopic (exact) mass is 210 g/mol. The van der Waals surface area contributed by atoms with Gasteiger partial charge in [-0.15, -0.1) is 0 Å². The van der Waals surface area contributed by atoms with Crippen molar-refractivity contribution < 1.29 is 29.9 Å². The van der Waals surface area contributed by atoms with Gasteiger partial charge in [0.15, 0.2) is 0 Å². The van der Waals surface area contributed by atoms with Crippen LogP contribution >= 0.6 is 0 Å². The summed E-state index contributed by atoms with van der Waals surface area (Å²) in [6.45, 7) is 1.20. The second-order valence-electron chi connectivity index (χ2n) is 2.82. The molecule has 0 aromatic heterocycles. The van der Waals surface area contributed by atoms with Crippen molar-refractivity contribution in [3.63, 3.8) is 0 Å². The lowest BCUT2D eigenvalue weighted by Gasteiger charge is -2.10. The normalized spacial score (nSPS) is 18.0. The van der Waals surface area contributed by atoms with Crippen LogP contribution in [-0.4, -0.2) is 72.3 Å². The van der Waals surface area contributed by atoms with E-state index < -0.39 is 12.2 Å². The molecule has 4 N–H and O–H groups in total. The number of ether oxygens (including phenoxy) is 2. The van der Waals surface area contributed by atoms with Crippen molar-refractivity contribution in [3.05, 3.63) is 0 Å². The van der Waals surface area contributed by atoms with Gasteiger partial charge in [0.25, 0.3) is 0 Å². The number of aliphatic hydroxyl groups is 4. The number of hydrogen-bond donors (Lipinski definition) is 4. The highest BCUT2D eigenvalue weighted by molar-refractivity contribution is 4.52. The molecule has 2 atom stereocenters. The van der Waals surface area contributed by atoms with Crippen LogP contribution < -0.4 is 0 Å². The Labute approximate surface area is 82.7 Å². The van der Waals surface area contributed by atoms with Gasteiger partial charge >= 0.3 is 0 Å². The van der Waals surface area contributed by atoms with Crippen molar-refractivity contribution in [2.75, 3.05) is 39.6 Å². The van der Waals surface area contributed by atoms with Gasteiger partial charge in [0.05, 0.1) is 39.6 Å². The van der Waals surface area contributed by atoms with Crippen LogP contribution in [0.15, 0.2) is 0 Å². The highest BCUT2D eigenvalue weighted by Crippen LogP contribution is 1.87. The van der Waals surface area contributed by atoms with Crippen LogP contribution in [0.25, 0.3) is 0 Å². The molecule has 1 saturated heterocycles. The first-order valence-corrected chi connectivity index (χ1v) is 4.44. The van der Waals surface area contributed by atoms with E-state index in [9.17, 15) is 0 Å². The fourth-order valence-electron chi connectivity index (χ4n) is 0.446. The molecule has 1 aliphatic rings. The van der Waals surface area contributed by atoms with Crippen molar-refractivity contribution in [1.29, 1.82) is 0 Å². The molecule has 0 aromatic rings. The molecule has 86 valence electrons. The molecule has 14 heavy (non-hydrogen) atoms. The van der Waals surface area contributed by atoms with E-state index in [0.717, 1.165) is 13.2 Å². The highest BCUT2D eigenvalue weighted by atomic mass is 16.6. The Morgan fingerprint density at radius 3 is 1.57 bits per heavy atom. The minimum absolute atomic E-state index is 0.0342. The van der Waals surface area contributed by atoms with Gasteiger partial charge in [-0.2, -0.15) is 0 Å². The second-order valence-corrected chi connectivity index (χ2v) is 2.82. The van der Waals surface area contributed by atoms with Gasteiger partial charge in [-0.1, -0.05) is 0 Å². The molecule has 0 aliphatic carbocycles. The number of hydrogen-bond acceptors (Lipinski definition) is 6. The molecule has 0 saturated carbocycles. The maximum atomic E-state index is 8.72. The molecule has 1 fully saturated rings. The Bertz CT molecular complexity index is 106. The quantitative estimate of drug-likeness (QED) is 0.369. The Morgan fingerprint density at radius 1 is 1.00 bits per heavy atom. The van der Waals surface area contributed by atoms with Crippen LogP contribution in [0.5, 0.6) is 0 Å². The fourth-order valence-corrected chi connectivity index (χ4v) is 0.446. The summed E-state index contributed by atoms with van der Waals surface area (Å²) in [6.07, 6.45) is -1.83. The molecule has 0 spiro atoms. The number of aliphatic hydroxyl groups excluding tert-OH is 4. The lowest BCUT2D eigenvalue weighted by Crippen LogP contribution is -2.25. The molecule has 1 rings (SSSR count). The molecule has 0 amide bonds. The van der Waals surface area contributed by atoms with Crippen LogP contribution in [0.2, 0.25) is 0 Å². The maximum Gasteiger partial charge on any atom is 0.100 e. The minimum atomic E-state index is -0.916. The second kappa shape index (κ2) is 9.32. The first kappa shape index (κ1) is 13.8. The third kappa shape index (κ3) is 11.8. The first-order valence-electron chi connectivity index (χ1n) is 4.44. The van der Waals surface area contributed by atoms with E-state index in [4.69, 9.17) is 25.2 Å². The maximum absolute atomic E-state index is 8.72. The summed E-state index contributed by atoms with van der Waals surface area (Å²) in [4.78, 5) is 0. The Balaban J connectivity index is 0.000000469. The van der Waals surface area contributed by atoms with Gasteiger partial charge in [-0.3, -0.25) is 0 Å². The Hall–Kier alpha value is -0.240. The smallest absolute Gasteiger partial charge is 0.100 e. The lowest BCUT2D eigenvalue weighted by atomic mass is 10.4. The van der Waals surface area contributed by atoms with Crippen LogP contribution in [0.4, 0.5) is 0 Å². The summed E-state index contributed by atoms with van der Waals surface area (Å²) in [7, 11) is 0. The zero-order valence-electron chi connectivity index (χ0n) is 8.00. The third-order valence-corrected chi connectivity index (χ3v) is 1.25. The van der Waals surface area contributed by atoms with Crippen LogP contribution in [0.1, 0.15) is 0 Å². The van der Waals surface area contributed by atoms with Gasteiger partial charge in [-0.25, -0.2) is 0 Å². The molecule has 1 aliphatic heterocycles.